The van der Waals surface area contributed by atoms with E-state index in [1.807, 2.05) is 13.8 Å². The largest absolute Gasteiger partial charge is 0.0683 e. The Morgan fingerprint density at radius 1 is 0.351 bits per heavy atom. The van der Waals surface area contributed by atoms with Gasteiger partial charge in [0.15, 0.2) is 0 Å². The molecule has 0 aliphatic heterocycles. The molecule has 0 amide bonds. The van der Waals surface area contributed by atoms with Gasteiger partial charge in [0, 0.05) is 0 Å². The molecule has 1 rings (SSSR count). The second kappa shape index (κ2) is 86.9. The number of hydrogen-bond donors (Lipinski definition) is 0. The molecule has 0 radical (unpaired) electrons. The van der Waals surface area contributed by atoms with Crippen molar-refractivity contribution in [3.05, 3.63) is 0 Å². The minimum absolute atomic E-state index is 0.500. The van der Waals surface area contributed by atoms with Gasteiger partial charge < -0.3 is 0 Å². The fraction of sp³-hybridized carbons (Fsp3) is 1.00. The molecule has 1 aliphatic carbocycles. The van der Waals surface area contributed by atoms with E-state index in [0.717, 1.165) is 53.3 Å². The van der Waals surface area contributed by atoms with Gasteiger partial charge in [-0.05, 0) is 75.9 Å². The third kappa shape index (κ3) is 280. The maximum absolute atomic E-state index is 2.34. The van der Waals surface area contributed by atoms with Gasteiger partial charge in [0.05, 0.1) is 0 Å². The summed E-state index contributed by atoms with van der Waals surface area (Å²) >= 11 is 0. The molecule has 0 aromatic rings. The van der Waals surface area contributed by atoms with Crippen molar-refractivity contribution in [3.63, 3.8) is 0 Å². The molecule has 0 nitrogen and oxygen atoms in total. The van der Waals surface area contributed by atoms with Gasteiger partial charge in [0.25, 0.3) is 0 Å². The molecule has 0 N–H and O–H groups in total. The van der Waals surface area contributed by atoms with E-state index in [2.05, 4.69) is 270 Å². The second-order valence-electron chi connectivity index (χ2n) is 28.4. The Bertz CT molecular complexity index is 717. The van der Waals surface area contributed by atoms with E-state index in [1.54, 1.807) is 0 Å². The van der Waals surface area contributed by atoms with Crippen molar-refractivity contribution in [1.82, 2.24) is 0 Å². The number of rotatable bonds is 14. The van der Waals surface area contributed by atoms with Gasteiger partial charge in [-0.2, -0.15) is 0 Å². The molecule has 0 aromatic heterocycles. The van der Waals surface area contributed by atoms with Crippen LogP contribution in [0.2, 0.25) is 0 Å². The van der Waals surface area contributed by atoms with Crippen LogP contribution in [0, 0.1) is 69.5 Å². The third-order valence-electron chi connectivity index (χ3n) is 10.9. The van der Waals surface area contributed by atoms with Crippen LogP contribution in [0.1, 0.15) is 419 Å². The molecule has 1 aliphatic rings. The van der Waals surface area contributed by atoms with Crippen molar-refractivity contribution in [1.29, 1.82) is 0 Å². The Kier molecular flexibility index (Phi) is 124. The predicted molar refractivity (Wildman–Crippen MR) is 368 cm³/mol. The van der Waals surface area contributed by atoms with Gasteiger partial charge >= 0.3 is 0 Å². The highest BCUT2D eigenvalue weighted by atomic mass is 14.1. The molecule has 0 saturated heterocycles. The lowest BCUT2D eigenvalue weighted by Crippen LogP contribution is -2.00. The fourth-order valence-corrected chi connectivity index (χ4v) is 4.25. The number of unbranched alkanes of at least 4 members (excludes halogenated alkanes) is 2. The summed E-state index contributed by atoms with van der Waals surface area (Å²) in [6, 6.07) is 0. The van der Waals surface area contributed by atoms with Crippen LogP contribution in [0.25, 0.3) is 0 Å². The van der Waals surface area contributed by atoms with Crippen molar-refractivity contribution in [2.45, 2.75) is 419 Å². The molecule has 470 valence electrons. The predicted octanol–water partition coefficient (Wildman–Crippen LogP) is 30.3. The zero-order valence-electron chi connectivity index (χ0n) is 62.5. The summed E-state index contributed by atoms with van der Waals surface area (Å²) < 4.78 is 0. The molecule has 0 aromatic carbocycles. The van der Waals surface area contributed by atoms with E-state index in [1.165, 1.54) is 135 Å². The minimum Gasteiger partial charge on any atom is -0.0683 e. The van der Waals surface area contributed by atoms with Crippen molar-refractivity contribution in [2.75, 3.05) is 0 Å². The molecule has 0 heteroatoms. The highest BCUT2D eigenvalue weighted by Crippen LogP contribution is 2.23. The van der Waals surface area contributed by atoms with E-state index in [0.29, 0.717) is 16.2 Å². The lowest BCUT2D eigenvalue weighted by atomic mass is 9.94. The van der Waals surface area contributed by atoms with Crippen LogP contribution in [0.4, 0.5) is 0 Å². The normalized spacial score (nSPS) is 11.7. The lowest BCUT2D eigenvalue weighted by molar-refractivity contribution is 0.397. The standard InChI is InChI=1S/3C7H16.C6H12.4C6H14.2C5H12.2C4H10.C3H8.C2H6/c1-6(2)5-7(3)4;1-4-5-6-7(2)3;1-4-6-7(3)5-2;1-6-4-2-3-5-6;2*1-5-6(2,3)4;1-4-5-6(2)3;1-4-6(3)5-2;1-5(2,3)4;1-4-5(2)3;1-4(2)3;1-3-4-2;1-3-2;1-2/h6-7H,5H2,1-4H3;2*7H,4-6H2,1-3H3;6H,2-5H2,1H3;2*5H2,1-4H3;2*6H,4-5H2,1-3H3;1-4H3;5H,4H2,1-3H3;4H,1-3H3;3-4H2,1-2H3;3H2,1-2H3;1-2H3/t;;7-;;;;;;;;;;;/m..1.........../s1. The van der Waals surface area contributed by atoms with Crippen LogP contribution in [0.5, 0.6) is 0 Å². The fourth-order valence-electron chi connectivity index (χ4n) is 4.25. The van der Waals surface area contributed by atoms with Gasteiger partial charge in [-0.3, -0.25) is 0 Å². The van der Waals surface area contributed by atoms with Crippen LogP contribution in [0.15, 0.2) is 0 Å². The van der Waals surface area contributed by atoms with E-state index in [9.17, 15) is 0 Å². The first kappa shape index (κ1) is 106. The molecule has 1 atom stereocenters. The van der Waals surface area contributed by atoms with Crippen LogP contribution < -0.4 is 0 Å². The summed E-state index contributed by atoms with van der Waals surface area (Å²) in [6.07, 6.45) is 28.6. The monoisotopic (exact) mass is 1060 g/mol. The van der Waals surface area contributed by atoms with Crippen LogP contribution >= 0.6 is 0 Å². The Hall–Kier alpha value is 0. The maximum Gasteiger partial charge on any atom is -0.0385 e. The van der Waals surface area contributed by atoms with Gasteiger partial charge in [-0.1, -0.05) is 412 Å². The van der Waals surface area contributed by atoms with Crippen LogP contribution in [0.3, 0.4) is 0 Å². The van der Waals surface area contributed by atoms with E-state index in [4.69, 9.17) is 0 Å². The summed E-state index contributed by atoms with van der Waals surface area (Å²) in [6.45, 7) is 90.8. The first-order chi connectivity index (χ1) is 33.6. The minimum atomic E-state index is 0.500. The Balaban J connectivity index is -0.0000000496. The average molecular weight is 1060 g/mol. The summed E-state index contributed by atoms with van der Waals surface area (Å²) in [5.41, 5.74) is 1.58. The SMILES string of the molecule is CC.CC(C)(C)C.CC(C)C.CC(C)CC(C)C.CC1CCCC1.CCC.CCC(C)(C)C.CCC(C)(C)C.CCC(C)C.CCC(C)CC.CCCC.CCCC(C)C.CCCCC(C)C.CCC[C@H](C)CC. The smallest absolute Gasteiger partial charge is 0.0385 e. The van der Waals surface area contributed by atoms with Gasteiger partial charge in [-0.25, -0.2) is 0 Å². The molecular formula is C74H174. The summed E-state index contributed by atoms with van der Waals surface area (Å²) in [7, 11) is 0. The summed E-state index contributed by atoms with van der Waals surface area (Å²) in [5, 5.41) is 0. The van der Waals surface area contributed by atoms with E-state index >= 15 is 0 Å². The maximum atomic E-state index is 2.34. The van der Waals surface area contributed by atoms with Crippen LogP contribution in [-0.4, -0.2) is 0 Å². The highest BCUT2D eigenvalue weighted by molar-refractivity contribution is 4.61. The van der Waals surface area contributed by atoms with E-state index < -0.39 is 0 Å². The first-order valence-electron chi connectivity index (χ1n) is 33.6. The van der Waals surface area contributed by atoms with Crippen molar-refractivity contribution in [2.24, 2.45) is 69.5 Å². The molecule has 1 saturated carbocycles. The lowest BCUT2D eigenvalue weighted by Gasteiger charge is -2.12. The average Bonchev–Trinajstić information content (AvgIpc) is 3.77. The van der Waals surface area contributed by atoms with Gasteiger partial charge in [0.1, 0.15) is 0 Å². The summed E-state index contributed by atoms with van der Waals surface area (Å²) in [5.74, 6) is 8.20. The topological polar surface area (TPSA) is 0 Å². The Morgan fingerprint density at radius 3 is 0.635 bits per heavy atom. The van der Waals surface area contributed by atoms with Crippen molar-refractivity contribution in [3.8, 4) is 0 Å². The summed E-state index contributed by atoms with van der Waals surface area (Å²) in [4.78, 5) is 0. The molecule has 0 spiro atoms. The number of hydrogen-bond acceptors (Lipinski definition) is 0. The van der Waals surface area contributed by atoms with Crippen molar-refractivity contribution < 1.29 is 0 Å². The Morgan fingerprint density at radius 2 is 0.595 bits per heavy atom. The first-order valence-corrected chi connectivity index (χ1v) is 33.6. The highest BCUT2D eigenvalue weighted by Gasteiger charge is 2.07. The quantitative estimate of drug-likeness (QED) is 0.163. The van der Waals surface area contributed by atoms with Gasteiger partial charge in [-0.15, -0.1) is 0 Å². The second-order valence-corrected chi connectivity index (χ2v) is 28.4. The molecule has 0 unspecified atom stereocenters. The third-order valence-corrected chi connectivity index (χ3v) is 10.9. The van der Waals surface area contributed by atoms with E-state index in [-0.39, 0.29) is 0 Å². The zero-order valence-corrected chi connectivity index (χ0v) is 62.5. The van der Waals surface area contributed by atoms with Crippen molar-refractivity contribution >= 4 is 0 Å². The molecule has 1 fully saturated rings. The molecular weight excluding hydrogens is 889 g/mol. The molecule has 0 heterocycles. The van der Waals surface area contributed by atoms with Gasteiger partial charge in [0.2, 0.25) is 0 Å². The molecule has 74 heavy (non-hydrogen) atoms. The van der Waals surface area contributed by atoms with Crippen LogP contribution in [-0.2, 0) is 0 Å². The molecule has 0 bridgehead atoms. The zero-order chi connectivity index (χ0) is 62.5. The Labute approximate surface area is 485 Å².